The first-order chi connectivity index (χ1) is 15.4. The van der Waals surface area contributed by atoms with Crippen LogP contribution < -0.4 is 14.8 Å². The SMILES string of the molecule is COc1ccc(-c2sc(NC3CCCCC3)nc2C)cc1S(=O)Nc1ccc(Cl)c(C)c1. The zero-order chi connectivity index (χ0) is 22.7. The van der Waals surface area contributed by atoms with Gasteiger partial charge in [-0.15, -0.1) is 0 Å². The van der Waals surface area contributed by atoms with Crippen LogP contribution in [0.1, 0.15) is 43.4 Å². The monoisotopic (exact) mass is 489 g/mol. The lowest BCUT2D eigenvalue weighted by atomic mass is 9.96. The molecule has 0 bridgehead atoms. The molecule has 5 nitrogen and oxygen atoms in total. The number of nitrogens with one attached hydrogen (secondary N) is 2. The lowest BCUT2D eigenvalue weighted by Crippen LogP contribution is -2.21. The lowest BCUT2D eigenvalue weighted by molar-refractivity contribution is 0.404. The fourth-order valence-electron chi connectivity index (χ4n) is 3.98. The van der Waals surface area contributed by atoms with Crippen molar-refractivity contribution in [3.8, 4) is 16.2 Å². The fraction of sp³-hybridized carbons (Fsp3) is 0.375. The van der Waals surface area contributed by atoms with Gasteiger partial charge in [-0.05, 0) is 74.2 Å². The van der Waals surface area contributed by atoms with Crippen molar-refractivity contribution >= 4 is 44.7 Å². The van der Waals surface area contributed by atoms with E-state index < -0.39 is 11.0 Å². The molecule has 0 saturated heterocycles. The highest BCUT2D eigenvalue weighted by Crippen LogP contribution is 2.37. The van der Waals surface area contributed by atoms with Crippen LogP contribution in [0.15, 0.2) is 41.3 Å². The smallest absolute Gasteiger partial charge is 0.183 e. The Hall–Kier alpha value is -2.09. The number of ether oxygens (including phenoxy) is 1. The van der Waals surface area contributed by atoms with Crippen molar-refractivity contribution in [2.75, 3.05) is 17.1 Å². The van der Waals surface area contributed by atoms with E-state index in [2.05, 4.69) is 10.0 Å². The Balaban J connectivity index is 1.58. The molecule has 2 N–H and O–H groups in total. The van der Waals surface area contributed by atoms with Gasteiger partial charge in [0, 0.05) is 16.8 Å². The molecular weight excluding hydrogens is 462 g/mol. The number of halogens is 1. The van der Waals surface area contributed by atoms with Gasteiger partial charge in [-0.1, -0.05) is 42.2 Å². The molecule has 2 aromatic carbocycles. The molecule has 1 atom stereocenters. The van der Waals surface area contributed by atoms with Crippen molar-refractivity contribution in [3.05, 3.63) is 52.7 Å². The van der Waals surface area contributed by atoms with Crippen LogP contribution in [-0.2, 0) is 11.0 Å². The van der Waals surface area contributed by atoms with Gasteiger partial charge in [-0.25, -0.2) is 9.19 Å². The highest BCUT2D eigenvalue weighted by atomic mass is 35.5. The van der Waals surface area contributed by atoms with Gasteiger partial charge in [0.05, 0.1) is 17.7 Å². The van der Waals surface area contributed by atoms with Crippen LogP contribution >= 0.6 is 22.9 Å². The topological polar surface area (TPSA) is 63.2 Å². The van der Waals surface area contributed by atoms with Gasteiger partial charge in [0.2, 0.25) is 0 Å². The predicted octanol–water partition coefficient (Wildman–Crippen LogP) is 6.97. The molecule has 1 unspecified atom stereocenters. The molecule has 1 aromatic heterocycles. The molecule has 0 aliphatic heterocycles. The maximum absolute atomic E-state index is 13.2. The second-order valence-electron chi connectivity index (χ2n) is 8.11. The summed E-state index contributed by atoms with van der Waals surface area (Å²) in [6, 6.07) is 11.8. The first-order valence-corrected chi connectivity index (χ1v) is 13.2. The molecule has 8 heteroatoms. The number of methoxy groups -OCH3 is 1. The van der Waals surface area contributed by atoms with Crippen molar-refractivity contribution in [1.82, 2.24) is 4.98 Å². The highest BCUT2D eigenvalue weighted by molar-refractivity contribution is 7.86. The summed E-state index contributed by atoms with van der Waals surface area (Å²) in [6.07, 6.45) is 6.30. The number of aromatic nitrogens is 1. The zero-order valence-electron chi connectivity index (χ0n) is 18.5. The maximum Gasteiger partial charge on any atom is 0.183 e. The van der Waals surface area contributed by atoms with Gasteiger partial charge >= 0.3 is 0 Å². The van der Waals surface area contributed by atoms with Gasteiger partial charge in [-0.2, -0.15) is 0 Å². The first-order valence-electron chi connectivity index (χ1n) is 10.8. The molecule has 3 aromatic rings. The number of hydrogen-bond donors (Lipinski definition) is 2. The Morgan fingerprint density at radius 2 is 1.91 bits per heavy atom. The zero-order valence-corrected chi connectivity index (χ0v) is 20.9. The summed E-state index contributed by atoms with van der Waals surface area (Å²) in [5.74, 6) is 0.577. The summed E-state index contributed by atoms with van der Waals surface area (Å²) in [6.45, 7) is 3.94. The first kappa shape index (κ1) is 23.1. The van der Waals surface area contributed by atoms with E-state index in [1.54, 1.807) is 24.5 Å². The highest BCUT2D eigenvalue weighted by Gasteiger charge is 2.19. The summed E-state index contributed by atoms with van der Waals surface area (Å²) in [5.41, 5.74) is 3.62. The minimum absolute atomic E-state index is 0.508. The normalized spacial score (nSPS) is 15.4. The number of anilines is 2. The van der Waals surface area contributed by atoms with Crippen LogP contribution in [0.2, 0.25) is 5.02 Å². The number of benzene rings is 2. The Morgan fingerprint density at radius 1 is 1.12 bits per heavy atom. The van der Waals surface area contributed by atoms with E-state index in [0.717, 1.165) is 32.5 Å². The fourth-order valence-corrected chi connectivity index (χ4v) is 6.16. The van der Waals surface area contributed by atoms with Crippen LogP contribution in [0.5, 0.6) is 5.75 Å². The summed E-state index contributed by atoms with van der Waals surface area (Å²) < 4.78 is 21.7. The van der Waals surface area contributed by atoms with E-state index in [1.165, 1.54) is 32.1 Å². The Kier molecular flexibility index (Phi) is 7.38. The molecular formula is C24H28ClN3O2S2. The lowest BCUT2D eigenvalue weighted by Gasteiger charge is -2.22. The average molecular weight is 490 g/mol. The van der Waals surface area contributed by atoms with Crippen LogP contribution in [0.3, 0.4) is 0 Å². The Labute approximate surface area is 201 Å². The van der Waals surface area contributed by atoms with E-state index in [0.29, 0.717) is 21.7 Å². The molecule has 1 aliphatic carbocycles. The van der Waals surface area contributed by atoms with Gasteiger partial charge < -0.3 is 14.8 Å². The standard InChI is InChI=1S/C24H28ClN3O2S2/c1-15-13-19(10-11-20(15)25)28-32(29)22-14-17(9-12-21(22)30-3)23-16(2)26-24(31-23)27-18-7-5-4-6-8-18/h9-14,18,28H,4-8H2,1-3H3,(H,26,27). The Morgan fingerprint density at radius 3 is 2.62 bits per heavy atom. The maximum atomic E-state index is 13.2. The second-order valence-corrected chi connectivity index (χ2v) is 10.7. The van der Waals surface area contributed by atoms with Crippen molar-refractivity contribution in [3.63, 3.8) is 0 Å². The van der Waals surface area contributed by atoms with Crippen molar-refractivity contribution in [2.45, 2.75) is 56.9 Å². The van der Waals surface area contributed by atoms with Gasteiger partial charge in [-0.3, -0.25) is 0 Å². The minimum atomic E-state index is -1.50. The molecule has 0 amide bonds. The molecule has 4 rings (SSSR count). The molecule has 1 aliphatic rings. The summed E-state index contributed by atoms with van der Waals surface area (Å²) in [5, 5.41) is 5.25. The van der Waals surface area contributed by atoms with E-state index in [4.69, 9.17) is 21.3 Å². The Bertz CT molecular complexity index is 1130. The number of hydrogen-bond acceptors (Lipinski definition) is 5. The van der Waals surface area contributed by atoms with E-state index in [-0.39, 0.29) is 0 Å². The average Bonchev–Trinajstić information content (AvgIpc) is 3.16. The minimum Gasteiger partial charge on any atom is -0.495 e. The quantitative estimate of drug-likeness (QED) is 0.376. The van der Waals surface area contributed by atoms with Crippen LogP contribution in [0.4, 0.5) is 10.8 Å². The van der Waals surface area contributed by atoms with Crippen molar-refractivity contribution < 1.29 is 8.95 Å². The molecule has 1 fully saturated rings. The van der Waals surface area contributed by atoms with Gasteiger partial charge in [0.15, 0.2) is 16.1 Å². The van der Waals surface area contributed by atoms with Crippen LogP contribution in [-0.4, -0.2) is 22.3 Å². The third-order valence-electron chi connectivity index (χ3n) is 5.72. The van der Waals surface area contributed by atoms with Gasteiger partial charge in [0.1, 0.15) is 10.6 Å². The number of aryl methyl sites for hydroxylation is 2. The number of rotatable bonds is 7. The summed E-state index contributed by atoms with van der Waals surface area (Å²) in [4.78, 5) is 6.42. The second kappa shape index (κ2) is 10.2. The number of thiazole rings is 1. The molecule has 1 saturated carbocycles. The van der Waals surface area contributed by atoms with Crippen molar-refractivity contribution in [2.24, 2.45) is 0 Å². The number of nitrogens with zero attached hydrogens (tertiary/aromatic N) is 1. The van der Waals surface area contributed by atoms with E-state index in [9.17, 15) is 4.21 Å². The predicted molar refractivity (Wildman–Crippen MR) is 136 cm³/mol. The molecule has 170 valence electrons. The van der Waals surface area contributed by atoms with Crippen LogP contribution in [0.25, 0.3) is 10.4 Å². The molecule has 0 radical (unpaired) electrons. The van der Waals surface area contributed by atoms with E-state index >= 15 is 0 Å². The van der Waals surface area contributed by atoms with Crippen molar-refractivity contribution in [1.29, 1.82) is 0 Å². The molecule has 1 heterocycles. The summed E-state index contributed by atoms with van der Waals surface area (Å²) in [7, 11) is 0.0899. The summed E-state index contributed by atoms with van der Waals surface area (Å²) >= 11 is 7.77. The third-order valence-corrected chi connectivity index (χ3v) is 8.42. The largest absolute Gasteiger partial charge is 0.495 e. The van der Waals surface area contributed by atoms with Gasteiger partial charge in [0.25, 0.3) is 0 Å². The third kappa shape index (κ3) is 5.27. The van der Waals surface area contributed by atoms with Crippen LogP contribution in [0, 0.1) is 13.8 Å². The van der Waals surface area contributed by atoms with E-state index in [1.807, 2.05) is 44.2 Å². The molecule has 0 spiro atoms. The molecule has 32 heavy (non-hydrogen) atoms.